The minimum Gasteiger partial charge on any atom is -0.501 e. The molecule has 0 saturated carbocycles. The molecule has 0 aromatic carbocycles. The fourth-order valence-electron chi connectivity index (χ4n) is 1.02. The van der Waals surface area contributed by atoms with Gasteiger partial charge < -0.3 is 12.2 Å². The maximum atomic E-state index is 4.69. The molecule has 0 N–H and O–H groups in total. The molecule has 0 amide bonds. The second kappa shape index (κ2) is 17.0. The van der Waals surface area contributed by atoms with Gasteiger partial charge >= 0.3 is 26.2 Å². The Hall–Kier alpha value is 0.613. The van der Waals surface area contributed by atoms with Crippen molar-refractivity contribution in [2.24, 2.45) is 0 Å². The van der Waals surface area contributed by atoms with Crippen LogP contribution in [0.15, 0.2) is 12.2 Å². The number of rotatable bonds is 1. The van der Waals surface area contributed by atoms with Crippen molar-refractivity contribution in [1.82, 2.24) is 0 Å². The van der Waals surface area contributed by atoms with Crippen molar-refractivity contribution in [3.8, 4) is 0 Å². The van der Waals surface area contributed by atoms with Crippen molar-refractivity contribution in [3.05, 3.63) is 24.3 Å². The number of allylic oxidation sites excluding steroid dienone is 4. The van der Waals surface area contributed by atoms with Crippen LogP contribution in [0.5, 0.6) is 0 Å². The van der Waals surface area contributed by atoms with E-state index in [1.807, 2.05) is 6.92 Å². The topological polar surface area (TPSA) is 9.23 Å². The van der Waals surface area contributed by atoms with E-state index in [9.17, 15) is 0 Å². The van der Waals surface area contributed by atoms with E-state index in [-0.39, 0.29) is 26.2 Å². The van der Waals surface area contributed by atoms with Gasteiger partial charge in [-0.25, -0.2) is 0 Å². The molecule has 0 radical (unpaired) electrons. The van der Waals surface area contributed by atoms with Crippen LogP contribution in [0.4, 0.5) is 0 Å². The number of hydrogen-bond donors (Lipinski definition) is 0. The molecule has 84 valence electrons. The summed E-state index contributed by atoms with van der Waals surface area (Å²) in [5.41, 5.74) is 0. The van der Waals surface area contributed by atoms with E-state index in [1.54, 1.807) is 0 Å². The van der Waals surface area contributed by atoms with Gasteiger partial charge in [0.25, 0.3) is 0 Å². The van der Waals surface area contributed by atoms with E-state index in [2.05, 4.69) is 40.5 Å². The Bertz CT molecular complexity index is 128. The van der Waals surface area contributed by atoms with Crippen molar-refractivity contribution in [2.75, 3.05) is 6.61 Å². The Morgan fingerprint density at radius 3 is 1.60 bits per heavy atom. The third-order valence-electron chi connectivity index (χ3n) is 1.74. The number of halogens is 1. The third kappa shape index (κ3) is 17.2. The molecular weight excluding hydrogens is 287 g/mol. The smallest absolute Gasteiger partial charge is 0.501 e. The first-order valence-corrected chi connectivity index (χ1v) is 5.56. The molecule has 0 bridgehead atoms. The fraction of sp³-hybridized carbons (Fsp3) is 0.667. The van der Waals surface area contributed by atoms with Crippen LogP contribution in [0.3, 0.4) is 0 Å². The summed E-state index contributed by atoms with van der Waals surface area (Å²) >= 11 is 4.69. The Balaban J connectivity index is 0. The minimum absolute atomic E-state index is 0. The van der Waals surface area contributed by atoms with Crippen LogP contribution in [0.1, 0.15) is 45.4 Å². The summed E-state index contributed by atoms with van der Waals surface area (Å²) in [4.78, 5) is 0. The van der Waals surface area contributed by atoms with Crippen molar-refractivity contribution in [1.29, 1.82) is 0 Å². The Kier molecular flexibility index (Phi) is 20.4. The molecule has 15 heavy (non-hydrogen) atoms. The van der Waals surface area contributed by atoms with E-state index < -0.39 is 0 Å². The van der Waals surface area contributed by atoms with Crippen molar-refractivity contribution in [3.63, 3.8) is 0 Å². The summed E-state index contributed by atoms with van der Waals surface area (Å²) in [5, 5.41) is 0. The second-order valence-electron chi connectivity index (χ2n) is 3.00. The normalized spacial score (nSPS) is 15.9. The van der Waals surface area contributed by atoms with Crippen molar-refractivity contribution < 1.29 is 30.5 Å². The molecule has 0 unspecified atom stereocenters. The van der Waals surface area contributed by atoms with Crippen molar-refractivity contribution in [2.45, 2.75) is 45.4 Å². The molecule has 2 aliphatic carbocycles. The second-order valence-corrected chi connectivity index (χ2v) is 3.22. The van der Waals surface area contributed by atoms with Crippen LogP contribution in [0, 0.1) is 12.2 Å². The van der Waals surface area contributed by atoms with E-state index in [0.29, 0.717) is 6.61 Å². The molecule has 1 nitrogen and oxygen atoms in total. The first-order chi connectivity index (χ1) is 6.91. The van der Waals surface area contributed by atoms with Crippen LogP contribution in [0.2, 0.25) is 0 Å². The Labute approximate surface area is 118 Å². The average Bonchev–Trinajstić information content (AvgIpc) is 2.94. The van der Waals surface area contributed by atoms with Gasteiger partial charge in [-0.3, -0.25) is 16.4 Å². The predicted molar refractivity (Wildman–Crippen MR) is 60.8 cm³/mol. The largest absolute Gasteiger partial charge is 2.00 e. The van der Waals surface area contributed by atoms with Gasteiger partial charge in [-0.1, -0.05) is 25.7 Å². The Morgan fingerprint density at radius 1 is 1.13 bits per heavy atom. The first kappa shape index (κ1) is 18.0. The third-order valence-corrected chi connectivity index (χ3v) is 1.96. The molecule has 0 heterocycles. The van der Waals surface area contributed by atoms with Crippen LogP contribution in [0.25, 0.3) is 0 Å². The van der Waals surface area contributed by atoms with Gasteiger partial charge in [-0.15, -0.1) is 0 Å². The molecule has 3 heteroatoms. The van der Waals surface area contributed by atoms with Gasteiger partial charge in [0.1, 0.15) is 0 Å². The maximum absolute atomic E-state index is 4.69. The van der Waals surface area contributed by atoms with E-state index in [1.165, 1.54) is 38.5 Å². The molecule has 2 aliphatic rings. The van der Waals surface area contributed by atoms with Crippen LogP contribution >= 0.6 is 11.9 Å². The summed E-state index contributed by atoms with van der Waals surface area (Å²) in [6.45, 7) is 2.41. The molecule has 0 atom stereocenters. The van der Waals surface area contributed by atoms with E-state index in [4.69, 9.17) is 0 Å². The van der Waals surface area contributed by atoms with Crippen LogP contribution in [-0.4, -0.2) is 6.61 Å². The predicted octanol–water partition coefficient (Wildman–Crippen LogP) is 4.23. The average molecular weight is 306 g/mol. The van der Waals surface area contributed by atoms with Gasteiger partial charge in [0.2, 0.25) is 0 Å². The van der Waals surface area contributed by atoms with E-state index in [0.717, 1.165) is 0 Å². The quantitative estimate of drug-likeness (QED) is 0.659. The molecule has 0 aliphatic heterocycles. The summed E-state index contributed by atoms with van der Waals surface area (Å²) in [7, 11) is 0. The maximum Gasteiger partial charge on any atom is 2.00 e. The zero-order valence-electron chi connectivity index (χ0n) is 9.39. The summed E-state index contributed by atoms with van der Waals surface area (Å²) in [5.74, 6) is 0. The fourth-order valence-corrected chi connectivity index (χ4v) is 1.02. The van der Waals surface area contributed by atoms with Gasteiger partial charge in [0.15, 0.2) is 0 Å². The summed E-state index contributed by atoms with van der Waals surface area (Å²) in [6, 6.07) is 0. The molecule has 0 aromatic heterocycles. The minimum atomic E-state index is 0. The van der Waals surface area contributed by atoms with Gasteiger partial charge in [0.05, 0.1) is 18.5 Å². The molecular formula is C12H19ClOZr. The van der Waals surface area contributed by atoms with E-state index >= 15 is 0 Å². The monoisotopic (exact) mass is 304 g/mol. The SMILES string of the molecule is CCOCl.[C-]1=CCCC1.[C-]1=CCCC1.[Zr+2]. The van der Waals surface area contributed by atoms with Crippen LogP contribution < -0.4 is 0 Å². The molecule has 0 fully saturated rings. The molecule has 2 rings (SSSR count). The summed E-state index contributed by atoms with van der Waals surface area (Å²) in [6.07, 6.45) is 18.0. The van der Waals surface area contributed by atoms with Gasteiger partial charge in [0, 0.05) is 0 Å². The van der Waals surface area contributed by atoms with Gasteiger partial charge in [-0.2, -0.15) is 12.8 Å². The number of hydrogen-bond acceptors (Lipinski definition) is 1. The zero-order valence-corrected chi connectivity index (χ0v) is 12.6. The standard InChI is InChI=1S/2C5H7.C2H5ClO.Zr/c2*1-2-4-5-3-1;1-2-4-3;/h2*1H,2,4-5H2;2H2,1H3;/q2*-1;;+2. The van der Waals surface area contributed by atoms with Gasteiger partial charge in [-0.05, 0) is 6.92 Å². The molecule has 0 saturated heterocycles. The first-order valence-electron chi connectivity index (χ1n) is 5.25. The Morgan fingerprint density at radius 2 is 1.53 bits per heavy atom. The molecule has 0 aromatic rings. The van der Waals surface area contributed by atoms with Crippen molar-refractivity contribution >= 4 is 11.9 Å². The summed E-state index contributed by atoms with van der Waals surface area (Å²) < 4.78 is 4.01. The molecule has 0 spiro atoms. The van der Waals surface area contributed by atoms with Crippen LogP contribution in [-0.2, 0) is 30.5 Å². The zero-order chi connectivity index (χ0) is 10.5.